The number of amidine groups is 1. The molecule has 3 heterocycles. The van der Waals surface area contributed by atoms with Crippen LogP contribution in [0.5, 0.6) is 0 Å². The molecule has 1 fully saturated rings. The average Bonchev–Trinajstić information content (AvgIpc) is 3.11. The second-order valence-electron chi connectivity index (χ2n) is 7.78. The molecule has 32 heavy (non-hydrogen) atoms. The first-order chi connectivity index (χ1) is 14.7. The number of hydrogen-bond donors (Lipinski definition) is 1. The normalized spacial score (nSPS) is 15.3. The zero-order valence-corrected chi connectivity index (χ0v) is 20.3. The second-order valence-corrected chi connectivity index (χ2v) is 8.92. The number of nitrogens with one attached hydrogen (secondary N) is 1. The van der Waals surface area contributed by atoms with Crippen LogP contribution >= 0.6 is 36.2 Å². The Hall–Kier alpha value is -2.12. The highest BCUT2D eigenvalue weighted by Gasteiger charge is 2.26. The molecule has 2 aromatic carbocycles. The molecule has 0 unspecified atom stereocenters. The van der Waals surface area contributed by atoms with Gasteiger partial charge in [0.2, 0.25) is 0 Å². The van der Waals surface area contributed by atoms with Gasteiger partial charge in [-0.15, -0.1) is 36.2 Å². The summed E-state index contributed by atoms with van der Waals surface area (Å²) >= 11 is 1.76. The van der Waals surface area contributed by atoms with E-state index in [1.807, 2.05) is 0 Å². The summed E-state index contributed by atoms with van der Waals surface area (Å²) in [7, 11) is 0. The van der Waals surface area contributed by atoms with Crippen molar-refractivity contribution in [2.24, 2.45) is 4.99 Å². The van der Waals surface area contributed by atoms with Gasteiger partial charge in [0.05, 0.1) is 16.9 Å². The van der Waals surface area contributed by atoms with Crippen LogP contribution in [0.4, 0.5) is 20.8 Å². The van der Waals surface area contributed by atoms with Crippen LogP contribution < -0.4 is 5.32 Å². The van der Waals surface area contributed by atoms with Crippen molar-refractivity contribution in [1.82, 2.24) is 9.80 Å². The summed E-state index contributed by atoms with van der Waals surface area (Å²) in [6.45, 7) is 6.93. The largest absolute Gasteiger partial charge is 0.353 e. The van der Waals surface area contributed by atoms with Gasteiger partial charge in [0, 0.05) is 43.7 Å². The highest BCUT2D eigenvalue weighted by molar-refractivity contribution is 7.16. The minimum atomic E-state index is -0.258. The third-order valence-corrected chi connectivity index (χ3v) is 6.92. The van der Waals surface area contributed by atoms with E-state index in [0.717, 1.165) is 61.2 Å². The number of hydrogen-bond acceptors (Lipinski definition) is 5. The zero-order chi connectivity index (χ0) is 20.5. The molecule has 0 aliphatic carbocycles. The molecule has 0 bridgehead atoms. The lowest BCUT2D eigenvalue weighted by Gasteiger charge is -2.36. The van der Waals surface area contributed by atoms with Crippen molar-refractivity contribution in [2.45, 2.75) is 19.9 Å². The number of aliphatic imine (C=N–C) groups is 1. The third kappa shape index (κ3) is 5.09. The molecule has 5 rings (SSSR count). The van der Waals surface area contributed by atoms with Crippen molar-refractivity contribution in [1.29, 1.82) is 0 Å². The summed E-state index contributed by atoms with van der Waals surface area (Å²) in [6, 6.07) is 17.6. The summed E-state index contributed by atoms with van der Waals surface area (Å²) in [4.78, 5) is 11.1. The lowest BCUT2D eigenvalue weighted by molar-refractivity contribution is 0.176. The Morgan fingerprint density at radius 2 is 1.75 bits per heavy atom. The van der Waals surface area contributed by atoms with Gasteiger partial charge in [-0.25, -0.2) is 9.38 Å². The minimum absolute atomic E-state index is 0. The number of nitrogens with zero attached hydrogens (tertiary/aromatic N) is 3. The molecule has 0 saturated carbocycles. The monoisotopic (exact) mass is 492 g/mol. The van der Waals surface area contributed by atoms with E-state index in [4.69, 9.17) is 4.99 Å². The molecule has 0 spiro atoms. The number of fused-ring (bicyclic) bond motifs is 2. The maximum absolute atomic E-state index is 13.9. The Morgan fingerprint density at radius 3 is 2.47 bits per heavy atom. The number of anilines is 2. The Balaban J connectivity index is 0.00000144. The van der Waals surface area contributed by atoms with Crippen LogP contribution in [-0.4, -0.2) is 41.8 Å². The quantitative estimate of drug-likeness (QED) is 0.468. The van der Waals surface area contributed by atoms with E-state index in [1.54, 1.807) is 17.4 Å². The summed E-state index contributed by atoms with van der Waals surface area (Å²) in [5.41, 5.74) is 4.00. The molecule has 1 aromatic heterocycles. The Morgan fingerprint density at radius 1 is 1.00 bits per heavy atom. The van der Waals surface area contributed by atoms with Gasteiger partial charge in [0.1, 0.15) is 16.7 Å². The van der Waals surface area contributed by atoms with Gasteiger partial charge in [-0.2, -0.15) is 0 Å². The number of rotatable bonds is 3. The van der Waals surface area contributed by atoms with E-state index in [-0.39, 0.29) is 30.6 Å². The third-order valence-electron chi connectivity index (χ3n) is 5.73. The number of piperazine rings is 1. The summed E-state index contributed by atoms with van der Waals surface area (Å²) in [6.07, 6.45) is 0.994. The van der Waals surface area contributed by atoms with Crippen molar-refractivity contribution in [3.63, 3.8) is 0 Å². The Kier molecular flexibility index (Phi) is 8.17. The van der Waals surface area contributed by atoms with E-state index in [0.29, 0.717) is 5.69 Å². The van der Waals surface area contributed by atoms with Gasteiger partial charge in [0.15, 0.2) is 0 Å². The SMILES string of the molecule is CCc1cc2c(s1)Nc1ccc(F)cc1N=C2N1CCN(Cc2ccccc2)CC1.Cl.Cl. The number of halogens is 3. The fraction of sp³-hybridized carbons (Fsp3) is 0.292. The maximum Gasteiger partial charge on any atom is 0.139 e. The summed E-state index contributed by atoms with van der Waals surface area (Å²) in [5, 5.41) is 4.60. The zero-order valence-electron chi connectivity index (χ0n) is 17.9. The summed E-state index contributed by atoms with van der Waals surface area (Å²) in [5.74, 6) is 0.697. The smallest absolute Gasteiger partial charge is 0.139 e. The fourth-order valence-corrected chi connectivity index (χ4v) is 5.08. The van der Waals surface area contributed by atoms with E-state index in [9.17, 15) is 4.39 Å². The van der Waals surface area contributed by atoms with E-state index < -0.39 is 0 Å². The Bertz CT molecular complexity index is 1080. The molecule has 8 heteroatoms. The molecule has 0 amide bonds. The van der Waals surface area contributed by atoms with Gasteiger partial charge in [-0.05, 0) is 30.2 Å². The van der Waals surface area contributed by atoms with Crippen LogP contribution in [0.15, 0.2) is 59.6 Å². The van der Waals surface area contributed by atoms with Crippen LogP contribution in [0.2, 0.25) is 0 Å². The Labute approximate surface area is 205 Å². The molecular weight excluding hydrogens is 466 g/mol. The minimum Gasteiger partial charge on any atom is -0.353 e. The lowest BCUT2D eigenvalue weighted by Crippen LogP contribution is -2.48. The highest BCUT2D eigenvalue weighted by Crippen LogP contribution is 2.40. The first-order valence-corrected chi connectivity index (χ1v) is 11.3. The van der Waals surface area contributed by atoms with Crippen LogP contribution in [0.25, 0.3) is 0 Å². The lowest BCUT2D eigenvalue weighted by atomic mass is 10.1. The van der Waals surface area contributed by atoms with Gasteiger partial charge in [-0.1, -0.05) is 37.3 Å². The molecule has 4 nitrogen and oxygen atoms in total. The number of thiophene rings is 1. The van der Waals surface area contributed by atoms with E-state index in [1.165, 1.54) is 22.6 Å². The fourth-order valence-electron chi connectivity index (χ4n) is 4.08. The highest BCUT2D eigenvalue weighted by atomic mass is 35.5. The average molecular weight is 493 g/mol. The van der Waals surface area contributed by atoms with Crippen LogP contribution in [0.1, 0.15) is 22.9 Å². The van der Waals surface area contributed by atoms with Gasteiger partial charge in [-0.3, -0.25) is 4.90 Å². The number of aryl methyl sites for hydroxylation is 1. The molecule has 170 valence electrons. The van der Waals surface area contributed by atoms with Gasteiger partial charge < -0.3 is 10.2 Å². The van der Waals surface area contributed by atoms with Gasteiger partial charge >= 0.3 is 0 Å². The van der Waals surface area contributed by atoms with Crippen LogP contribution in [0.3, 0.4) is 0 Å². The first kappa shape index (κ1) is 24.5. The summed E-state index contributed by atoms with van der Waals surface area (Å²) < 4.78 is 13.9. The van der Waals surface area contributed by atoms with Crippen molar-refractivity contribution in [3.05, 3.63) is 76.4 Å². The van der Waals surface area contributed by atoms with Crippen molar-refractivity contribution >= 4 is 58.4 Å². The predicted molar refractivity (Wildman–Crippen MR) is 137 cm³/mol. The predicted octanol–water partition coefficient (Wildman–Crippen LogP) is 6.25. The van der Waals surface area contributed by atoms with E-state index in [2.05, 4.69) is 58.4 Å². The van der Waals surface area contributed by atoms with Crippen molar-refractivity contribution < 1.29 is 4.39 Å². The van der Waals surface area contributed by atoms with Gasteiger partial charge in [0.25, 0.3) is 0 Å². The standard InChI is InChI=1S/C24H25FN4S.2ClH/c1-2-19-15-20-23(26-22-14-18(25)8-9-21(22)27-24(20)30-19)29-12-10-28(11-13-29)16-17-6-4-3-5-7-17;;/h3-9,14-15,27H,2,10-13,16H2,1H3;2*1H. The molecule has 3 aromatic rings. The first-order valence-electron chi connectivity index (χ1n) is 10.5. The molecule has 0 atom stereocenters. The molecule has 1 N–H and O–H groups in total. The second kappa shape index (κ2) is 10.7. The molecule has 2 aliphatic heterocycles. The van der Waals surface area contributed by atoms with Crippen LogP contribution in [0, 0.1) is 5.82 Å². The van der Waals surface area contributed by atoms with Crippen molar-refractivity contribution in [3.8, 4) is 0 Å². The molecule has 2 aliphatic rings. The van der Waals surface area contributed by atoms with Crippen LogP contribution in [-0.2, 0) is 13.0 Å². The van der Waals surface area contributed by atoms with E-state index >= 15 is 0 Å². The number of benzene rings is 2. The molecule has 1 saturated heterocycles. The van der Waals surface area contributed by atoms with Crippen molar-refractivity contribution in [2.75, 3.05) is 31.5 Å². The maximum atomic E-state index is 13.9. The molecule has 0 radical (unpaired) electrons. The topological polar surface area (TPSA) is 30.9 Å². The molecular formula is C24H27Cl2FN4S.